The highest BCUT2D eigenvalue weighted by Crippen LogP contribution is 2.40. The van der Waals surface area contributed by atoms with Crippen molar-refractivity contribution in [2.24, 2.45) is 10.8 Å². The first-order valence-corrected chi connectivity index (χ1v) is 6.27. The van der Waals surface area contributed by atoms with Crippen molar-refractivity contribution in [3.05, 3.63) is 36.0 Å². The van der Waals surface area contributed by atoms with Crippen molar-refractivity contribution in [1.29, 1.82) is 0 Å². The molecule has 1 nitrogen and oxygen atoms in total. The van der Waals surface area contributed by atoms with Crippen LogP contribution in [0.4, 0.5) is 0 Å². The molecule has 0 aromatic rings. The van der Waals surface area contributed by atoms with Crippen LogP contribution in [0.15, 0.2) is 36.0 Å². The molecule has 0 N–H and O–H groups in total. The molecule has 0 atom stereocenters. The summed E-state index contributed by atoms with van der Waals surface area (Å²) in [5.41, 5.74) is 2.19. The first kappa shape index (κ1) is 14.0. The lowest BCUT2D eigenvalue weighted by molar-refractivity contribution is -0.116. The molecule has 0 saturated carbocycles. The number of hydrogen-bond acceptors (Lipinski definition) is 1. The van der Waals surface area contributed by atoms with Crippen LogP contribution < -0.4 is 0 Å². The Morgan fingerprint density at radius 3 is 2.53 bits per heavy atom. The fraction of sp³-hybridized carbons (Fsp3) is 0.562. The zero-order valence-corrected chi connectivity index (χ0v) is 11.8. The normalized spacial score (nSPS) is 21.1. The van der Waals surface area contributed by atoms with Crippen molar-refractivity contribution in [3.8, 4) is 0 Å². The maximum atomic E-state index is 11.8. The van der Waals surface area contributed by atoms with Gasteiger partial charge in [-0.2, -0.15) is 0 Å². The molecule has 0 bridgehead atoms. The fourth-order valence-electron chi connectivity index (χ4n) is 2.12. The molecule has 1 heteroatoms. The van der Waals surface area contributed by atoms with Gasteiger partial charge in [0.15, 0.2) is 5.78 Å². The Morgan fingerprint density at radius 1 is 1.41 bits per heavy atom. The molecule has 0 saturated heterocycles. The molecule has 0 aromatic carbocycles. The second-order valence-electron chi connectivity index (χ2n) is 6.20. The molecule has 0 aliphatic heterocycles. The predicted molar refractivity (Wildman–Crippen MR) is 76.0 cm³/mol. The lowest BCUT2D eigenvalue weighted by atomic mass is 9.71. The highest BCUT2D eigenvalue weighted by Gasteiger charge is 2.30. The van der Waals surface area contributed by atoms with Crippen molar-refractivity contribution in [2.75, 3.05) is 0 Å². The monoisotopic (exact) mass is 234 g/mol. The number of carbonyl (C=O) groups excluding carboxylic acids is 1. The standard InChI is InChI=1S/C16H24O.H2/c1-7-15(3,4)10-8-13-12(2)14(17)9-11-16(13,5)6;/h7-8,10H,1,9,11H2,2-6H3;1H/b10-8+;. The third-order valence-electron chi connectivity index (χ3n) is 3.73. The Hall–Kier alpha value is -1.11. The zero-order valence-electron chi connectivity index (χ0n) is 11.8. The molecule has 0 spiro atoms. The van der Waals surface area contributed by atoms with Gasteiger partial charge in [0.2, 0.25) is 0 Å². The minimum atomic E-state index is -0.0240. The molecule has 1 aliphatic carbocycles. The summed E-state index contributed by atoms with van der Waals surface area (Å²) in [4.78, 5) is 11.8. The van der Waals surface area contributed by atoms with Crippen LogP contribution in [-0.2, 0) is 4.79 Å². The second kappa shape index (κ2) is 4.64. The van der Waals surface area contributed by atoms with Gasteiger partial charge in [-0.25, -0.2) is 0 Å². The SMILES string of the molecule is C=CC(C)(C)/C=C/C1=C(C)C(=O)CCC1(C)C.[HH]. The lowest BCUT2D eigenvalue weighted by Crippen LogP contribution is -2.24. The molecular formula is C16H26O. The predicted octanol–water partition coefficient (Wildman–Crippen LogP) is 4.71. The van der Waals surface area contributed by atoms with Crippen LogP contribution in [0, 0.1) is 10.8 Å². The first-order valence-electron chi connectivity index (χ1n) is 6.27. The number of ketones is 1. The number of carbonyl (C=O) groups is 1. The van der Waals surface area contributed by atoms with Crippen molar-refractivity contribution in [3.63, 3.8) is 0 Å². The van der Waals surface area contributed by atoms with E-state index in [0.717, 1.165) is 12.0 Å². The van der Waals surface area contributed by atoms with Crippen LogP contribution in [0.25, 0.3) is 0 Å². The number of rotatable bonds is 3. The number of Topliss-reactive ketones (excluding diaryl/α,β-unsaturated/α-hetero) is 1. The van der Waals surface area contributed by atoms with Gasteiger partial charge in [-0.05, 0) is 29.9 Å². The lowest BCUT2D eigenvalue weighted by Gasteiger charge is -2.32. The Morgan fingerprint density at radius 2 is 2.00 bits per heavy atom. The van der Waals surface area contributed by atoms with E-state index in [2.05, 4.69) is 46.4 Å². The van der Waals surface area contributed by atoms with Gasteiger partial charge >= 0.3 is 0 Å². The van der Waals surface area contributed by atoms with Crippen LogP contribution in [0.3, 0.4) is 0 Å². The summed E-state index contributed by atoms with van der Waals surface area (Å²) < 4.78 is 0. The molecule has 0 radical (unpaired) electrons. The topological polar surface area (TPSA) is 17.1 Å². The van der Waals surface area contributed by atoms with E-state index in [0.29, 0.717) is 12.2 Å². The minimum absolute atomic E-state index is 0. The average molecular weight is 234 g/mol. The summed E-state index contributed by atoms with van der Waals surface area (Å²) in [6.07, 6.45) is 7.81. The van der Waals surface area contributed by atoms with E-state index in [1.54, 1.807) is 0 Å². The van der Waals surface area contributed by atoms with E-state index in [1.807, 2.05) is 13.0 Å². The van der Waals surface area contributed by atoms with Crippen LogP contribution in [0.2, 0.25) is 0 Å². The fourth-order valence-corrected chi connectivity index (χ4v) is 2.12. The molecular weight excluding hydrogens is 208 g/mol. The van der Waals surface area contributed by atoms with Crippen LogP contribution >= 0.6 is 0 Å². The average Bonchev–Trinajstić information content (AvgIpc) is 2.24. The molecule has 0 fully saturated rings. The summed E-state index contributed by atoms with van der Waals surface area (Å²) in [6.45, 7) is 14.4. The van der Waals surface area contributed by atoms with Crippen molar-refractivity contribution in [2.45, 2.75) is 47.5 Å². The van der Waals surface area contributed by atoms with Gasteiger partial charge in [0.25, 0.3) is 0 Å². The van der Waals surface area contributed by atoms with E-state index in [9.17, 15) is 4.79 Å². The van der Waals surface area contributed by atoms with Gasteiger partial charge in [-0.15, -0.1) is 6.58 Å². The Bertz CT molecular complexity index is 397. The Kier molecular flexibility index (Phi) is 3.81. The summed E-state index contributed by atoms with van der Waals surface area (Å²) in [5, 5.41) is 0. The van der Waals surface area contributed by atoms with E-state index in [4.69, 9.17) is 0 Å². The maximum absolute atomic E-state index is 11.8. The van der Waals surface area contributed by atoms with Crippen LogP contribution in [0.1, 0.15) is 48.9 Å². The van der Waals surface area contributed by atoms with Gasteiger partial charge in [0.05, 0.1) is 0 Å². The van der Waals surface area contributed by atoms with E-state index >= 15 is 0 Å². The first-order chi connectivity index (χ1) is 7.69. The van der Waals surface area contributed by atoms with Crippen molar-refractivity contribution >= 4 is 5.78 Å². The summed E-state index contributed by atoms with van der Waals surface area (Å²) >= 11 is 0. The van der Waals surface area contributed by atoms with Crippen LogP contribution in [-0.4, -0.2) is 5.78 Å². The van der Waals surface area contributed by atoms with Crippen molar-refractivity contribution < 1.29 is 6.22 Å². The Balaban J connectivity index is 0.00000289. The summed E-state index contributed by atoms with van der Waals surface area (Å²) in [6, 6.07) is 0. The Labute approximate surface area is 107 Å². The maximum Gasteiger partial charge on any atom is 0.158 e. The molecule has 0 aromatic heterocycles. The highest BCUT2D eigenvalue weighted by molar-refractivity contribution is 5.97. The molecule has 0 unspecified atom stereocenters. The van der Waals surface area contributed by atoms with E-state index < -0.39 is 0 Å². The molecule has 1 aliphatic rings. The molecule has 0 heterocycles. The number of allylic oxidation sites excluding steroid dienone is 5. The smallest absolute Gasteiger partial charge is 0.158 e. The van der Waals surface area contributed by atoms with E-state index in [-0.39, 0.29) is 12.3 Å². The third kappa shape index (κ3) is 3.18. The van der Waals surface area contributed by atoms with Crippen molar-refractivity contribution in [1.82, 2.24) is 0 Å². The molecule has 0 amide bonds. The van der Waals surface area contributed by atoms with Gasteiger partial charge in [-0.1, -0.05) is 45.9 Å². The van der Waals surface area contributed by atoms with Crippen LogP contribution in [0.5, 0.6) is 0 Å². The summed E-state index contributed by atoms with van der Waals surface area (Å²) in [7, 11) is 0. The van der Waals surface area contributed by atoms with E-state index in [1.165, 1.54) is 5.57 Å². The van der Waals surface area contributed by atoms with Gasteiger partial charge in [0.1, 0.15) is 0 Å². The third-order valence-corrected chi connectivity index (χ3v) is 3.73. The number of hydrogen-bond donors (Lipinski definition) is 0. The minimum Gasteiger partial charge on any atom is -0.295 e. The van der Waals surface area contributed by atoms with Gasteiger partial charge in [0, 0.05) is 13.3 Å². The molecule has 1 rings (SSSR count). The zero-order chi connectivity index (χ0) is 13.3. The summed E-state index contributed by atoms with van der Waals surface area (Å²) in [5.74, 6) is 0.292. The molecule has 17 heavy (non-hydrogen) atoms. The van der Waals surface area contributed by atoms with Gasteiger partial charge < -0.3 is 0 Å². The molecule has 96 valence electrons. The highest BCUT2D eigenvalue weighted by atomic mass is 16.1. The quantitative estimate of drug-likeness (QED) is 0.646. The van der Waals surface area contributed by atoms with Gasteiger partial charge in [-0.3, -0.25) is 4.79 Å². The largest absolute Gasteiger partial charge is 0.295 e. The second-order valence-corrected chi connectivity index (χ2v) is 6.20.